The Morgan fingerprint density at radius 3 is 2.60 bits per heavy atom. The number of hydrogen-bond acceptors (Lipinski definition) is 6. The molecule has 6 nitrogen and oxygen atoms in total. The topological polar surface area (TPSA) is 62.7 Å². The molecule has 0 amide bonds. The van der Waals surface area contributed by atoms with Gasteiger partial charge in [0.1, 0.15) is 12.4 Å². The lowest BCUT2D eigenvalue weighted by Crippen LogP contribution is -2.47. The van der Waals surface area contributed by atoms with Crippen LogP contribution in [0.15, 0.2) is 42.5 Å². The number of anilines is 1. The number of halogens is 1. The number of piperazine rings is 1. The zero-order valence-corrected chi connectivity index (χ0v) is 18.1. The largest absolute Gasteiger partial charge is 0.458 e. The molecule has 0 atom stereocenters. The van der Waals surface area contributed by atoms with Gasteiger partial charge in [-0.1, -0.05) is 36.7 Å². The number of pyridine rings is 1. The van der Waals surface area contributed by atoms with Crippen molar-refractivity contribution in [3.05, 3.63) is 47.5 Å². The van der Waals surface area contributed by atoms with E-state index in [0.29, 0.717) is 17.9 Å². The van der Waals surface area contributed by atoms with Crippen LogP contribution in [-0.2, 0) is 14.3 Å². The summed E-state index contributed by atoms with van der Waals surface area (Å²) < 4.78 is 4.98. The minimum Gasteiger partial charge on any atom is -0.458 e. The number of esters is 1. The van der Waals surface area contributed by atoms with Gasteiger partial charge in [0, 0.05) is 49.6 Å². The Morgan fingerprint density at radius 1 is 1.10 bits per heavy atom. The van der Waals surface area contributed by atoms with Gasteiger partial charge in [-0.15, -0.1) is 0 Å². The van der Waals surface area contributed by atoms with Crippen LogP contribution in [0.5, 0.6) is 0 Å². The molecule has 2 heterocycles. The fourth-order valence-electron chi connectivity index (χ4n) is 3.39. The van der Waals surface area contributed by atoms with Gasteiger partial charge < -0.3 is 9.64 Å². The Morgan fingerprint density at radius 2 is 1.87 bits per heavy atom. The van der Waals surface area contributed by atoms with E-state index >= 15 is 0 Å². The van der Waals surface area contributed by atoms with Gasteiger partial charge in [-0.3, -0.25) is 14.5 Å². The molecule has 2 aromatic rings. The highest BCUT2D eigenvalue weighted by Crippen LogP contribution is 2.24. The lowest BCUT2D eigenvalue weighted by Gasteiger charge is -2.35. The highest BCUT2D eigenvalue weighted by atomic mass is 35.5. The number of ketones is 1. The average molecular weight is 430 g/mol. The third kappa shape index (κ3) is 6.54. The zero-order chi connectivity index (χ0) is 21.3. The highest BCUT2D eigenvalue weighted by Gasteiger charge is 2.18. The second-order valence-corrected chi connectivity index (χ2v) is 7.81. The Hall–Kier alpha value is -2.44. The van der Waals surface area contributed by atoms with Crippen LogP contribution in [0.3, 0.4) is 0 Å². The van der Waals surface area contributed by atoms with Crippen LogP contribution < -0.4 is 4.90 Å². The van der Waals surface area contributed by atoms with Crippen molar-refractivity contribution in [1.82, 2.24) is 9.88 Å². The third-order valence-corrected chi connectivity index (χ3v) is 5.43. The molecule has 0 bridgehead atoms. The highest BCUT2D eigenvalue weighted by molar-refractivity contribution is 6.30. The van der Waals surface area contributed by atoms with Crippen LogP contribution in [0.25, 0.3) is 11.3 Å². The van der Waals surface area contributed by atoms with E-state index in [1.165, 1.54) is 0 Å². The van der Waals surface area contributed by atoms with Crippen LogP contribution in [0.1, 0.15) is 26.2 Å². The predicted octanol–water partition coefficient (Wildman–Crippen LogP) is 3.83. The summed E-state index contributed by atoms with van der Waals surface area (Å²) >= 11 is 6.11. The number of rotatable bonds is 9. The number of benzene rings is 1. The smallest absolute Gasteiger partial charge is 0.306 e. The SMILES string of the molecule is CCC(=O)COC(=O)CCCN1CCN(c2cccc(-c3cccc(Cl)c3)n2)CC1. The molecule has 1 aromatic heterocycles. The fraction of sp³-hybridized carbons (Fsp3) is 0.435. The van der Waals surface area contributed by atoms with E-state index in [1.54, 1.807) is 6.92 Å². The second-order valence-electron chi connectivity index (χ2n) is 7.38. The second kappa shape index (κ2) is 11.1. The summed E-state index contributed by atoms with van der Waals surface area (Å²) in [4.78, 5) is 32.4. The maximum atomic E-state index is 11.7. The number of aromatic nitrogens is 1. The Labute approximate surface area is 182 Å². The standard InChI is InChI=1S/C23H28ClN3O3/c1-2-20(28)17-30-23(29)10-5-11-26-12-14-27(15-13-26)22-9-4-8-21(25-22)18-6-3-7-19(24)16-18/h3-4,6-9,16H,2,5,10-15,17H2,1H3. The monoisotopic (exact) mass is 429 g/mol. The maximum Gasteiger partial charge on any atom is 0.306 e. The van der Waals surface area contributed by atoms with Crippen molar-refractivity contribution in [2.75, 3.05) is 44.2 Å². The van der Waals surface area contributed by atoms with E-state index in [2.05, 4.69) is 9.80 Å². The van der Waals surface area contributed by atoms with E-state index in [-0.39, 0.29) is 18.4 Å². The molecule has 1 aliphatic heterocycles. The van der Waals surface area contributed by atoms with Crippen LogP contribution in [-0.4, -0.2) is 61.0 Å². The average Bonchev–Trinajstić information content (AvgIpc) is 2.78. The molecular formula is C23H28ClN3O3. The normalized spacial score (nSPS) is 14.5. The van der Waals surface area contributed by atoms with Gasteiger partial charge >= 0.3 is 5.97 Å². The minimum absolute atomic E-state index is 0.0486. The number of carbonyl (C=O) groups is 2. The van der Waals surface area contributed by atoms with E-state index in [4.69, 9.17) is 21.3 Å². The Kier molecular flexibility index (Phi) is 8.22. The molecule has 1 saturated heterocycles. The van der Waals surface area contributed by atoms with E-state index in [1.807, 2.05) is 42.5 Å². The Bertz CT molecular complexity index is 866. The van der Waals surface area contributed by atoms with E-state index in [0.717, 1.165) is 56.2 Å². The summed E-state index contributed by atoms with van der Waals surface area (Å²) in [5.74, 6) is 0.626. The molecule has 7 heteroatoms. The quantitative estimate of drug-likeness (QED) is 0.564. The van der Waals surface area contributed by atoms with Gasteiger partial charge in [0.25, 0.3) is 0 Å². The Balaban J connectivity index is 1.44. The van der Waals surface area contributed by atoms with E-state index < -0.39 is 0 Å². The zero-order valence-electron chi connectivity index (χ0n) is 17.3. The molecule has 0 N–H and O–H groups in total. The van der Waals surface area contributed by atoms with Gasteiger partial charge in [0.05, 0.1) is 5.69 Å². The van der Waals surface area contributed by atoms with Gasteiger partial charge in [-0.25, -0.2) is 4.98 Å². The van der Waals surface area contributed by atoms with Crippen molar-refractivity contribution in [2.45, 2.75) is 26.2 Å². The summed E-state index contributed by atoms with van der Waals surface area (Å²) in [6.45, 7) is 6.14. The maximum absolute atomic E-state index is 11.7. The van der Waals surface area contributed by atoms with Gasteiger partial charge in [0.15, 0.2) is 5.78 Å². The number of Topliss-reactive ketones (excluding diaryl/α,β-unsaturated/α-hetero) is 1. The number of carbonyl (C=O) groups excluding carboxylic acids is 2. The van der Waals surface area contributed by atoms with Gasteiger partial charge in [-0.05, 0) is 37.2 Å². The molecule has 1 aliphatic rings. The molecule has 0 spiro atoms. The van der Waals surface area contributed by atoms with Crippen molar-refractivity contribution in [3.63, 3.8) is 0 Å². The predicted molar refractivity (Wildman–Crippen MR) is 119 cm³/mol. The first-order valence-electron chi connectivity index (χ1n) is 10.4. The first kappa shape index (κ1) is 22.2. The van der Waals surface area contributed by atoms with Crippen LogP contribution >= 0.6 is 11.6 Å². The lowest BCUT2D eigenvalue weighted by molar-refractivity contribution is -0.148. The summed E-state index contributed by atoms with van der Waals surface area (Å²) in [6, 6.07) is 13.8. The van der Waals surface area contributed by atoms with Gasteiger partial charge in [-0.2, -0.15) is 0 Å². The van der Waals surface area contributed by atoms with Crippen molar-refractivity contribution >= 4 is 29.2 Å². The molecular weight excluding hydrogens is 402 g/mol. The van der Waals surface area contributed by atoms with Crippen LogP contribution in [0.2, 0.25) is 5.02 Å². The summed E-state index contributed by atoms with van der Waals surface area (Å²) in [7, 11) is 0. The molecule has 0 aliphatic carbocycles. The van der Waals surface area contributed by atoms with Crippen molar-refractivity contribution in [2.24, 2.45) is 0 Å². The fourth-order valence-corrected chi connectivity index (χ4v) is 3.58. The third-order valence-electron chi connectivity index (χ3n) is 5.19. The molecule has 0 unspecified atom stereocenters. The van der Waals surface area contributed by atoms with E-state index in [9.17, 15) is 9.59 Å². The summed E-state index contributed by atoms with van der Waals surface area (Å²) in [5, 5.41) is 0.703. The summed E-state index contributed by atoms with van der Waals surface area (Å²) in [6.07, 6.45) is 1.48. The molecule has 160 valence electrons. The lowest BCUT2D eigenvalue weighted by atomic mass is 10.1. The first-order valence-corrected chi connectivity index (χ1v) is 10.8. The van der Waals surface area contributed by atoms with Gasteiger partial charge in [0.2, 0.25) is 0 Å². The number of hydrogen-bond donors (Lipinski definition) is 0. The van der Waals surface area contributed by atoms with Crippen LogP contribution in [0.4, 0.5) is 5.82 Å². The molecule has 0 radical (unpaired) electrons. The molecule has 30 heavy (non-hydrogen) atoms. The van der Waals surface area contributed by atoms with Crippen molar-refractivity contribution in [1.29, 1.82) is 0 Å². The number of nitrogens with zero attached hydrogens (tertiary/aromatic N) is 3. The minimum atomic E-state index is -0.294. The van der Waals surface area contributed by atoms with Crippen LogP contribution in [0, 0.1) is 0 Å². The molecule has 1 fully saturated rings. The summed E-state index contributed by atoms with van der Waals surface area (Å²) in [5.41, 5.74) is 1.92. The molecule has 1 aromatic carbocycles. The molecule has 0 saturated carbocycles. The first-order chi connectivity index (χ1) is 14.5. The van der Waals surface area contributed by atoms with Crippen molar-refractivity contribution in [3.8, 4) is 11.3 Å². The van der Waals surface area contributed by atoms with Crippen molar-refractivity contribution < 1.29 is 14.3 Å². The molecule has 3 rings (SSSR count). The number of ether oxygens (including phenoxy) is 1.